The lowest BCUT2D eigenvalue weighted by molar-refractivity contribution is 0.344. The third-order valence-electron chi connectivity index (χ3n) is 4.11. The molecular formula is C16H22N4O2S. The van der Waals surface area contributed by atoms with Crippen molar-refractivity contribution in [3.8, 4) is 0 Å². The number of likely N-dealkylation sites (N-methyl/N-ethyl adjacent to an activating group) is 1. The fraction of sp³-hybridized carbons (Fsp3) is 0.438. The summed E-state index contributed by atoms with van der Waals surface area (Å²) < 4.78 is 29.4. The van der Waals surface area contributed by atoms with Gasteiger partial charge in [0.2, 0.25) is 0 Å². The van der Waals surface area contributed by atoms with Gasteiger partial charge in [-0.15, -0.1) is 0 Å². The molecule has 0 N–H and O–H groups in total. The van der Waals surface area contributed by atoms with Crippen LogP contribution in [0.3, 0.4) is 0 Å². The van der Waals surface area contributed by atoms with E-state index >= 15 is 0 Å². The number of aromatic nitrogens is 2. The molecule has 0 fully saturated rings. The third kappa shape index (κ3) is 2.98. The number of hydrogen-bond acceptors (Lipinski definition) is 4. The molecule has 7 heteroatoms. The van der Waals surface area contributed by atoms with Gasteiger partial charge < -0.3 is 9.47 Å². The highest BCUT2D eigenvalue weighted by atomic mass is 32.2. The fourth-order valence-corrected chi connectivity index (χ4v) is 4.16. The monoisotopic (exact) mass is 334 g/mol. The summed E-state index contributed by atoms with van der Waals surface area (Å²) in [6.45, 7) is 5.83. The van der Waals surface area contributed by atoms with Crippen LogP contribution in [0.15, 0.2) is 41.8 Å². The highest BCUT2D eigenvalue weighted by Gasteiger charge is 2.30. The van der Waals surface area contributed by atoms with Crippen LogP contribution in [0.25, 0.3) is 0 Å². The van der Waals surface area contributed by atoms with Gasteiger partial charge >= 0.3 is 0 Å². The van der Waals surface area contributed by atoms with Crippen molar-refractivity contribution in [3.63, 3.8) is 0 Å². The molecule has 0 saturated heterocycles. The Bertz CT molecular complexity index is 798. The molecule has 0 spiro atoms. The highest BCUT2D eigenvalue weighted by Crippen LogP contribution is 2.29. The van der Waals surface area contributed by atoms with Crippen molar-refractivity contribution < 1.29 is 8.42 Å². The topological polar surface area (TPSA) is 58.4 Å². The highest BCUT2D eigenvalue weighted by molar-refractivity contribution is 7.92. The van der Waals surface area contributed by atoms with Gasteiger partial charge in [0.05, 0.1) is 12.0 Å². The van der Waals surface area contributed by atoms with Crippen LogP contribution >= 0.6 is 0 Å². The Morgan fingerprint density at radius 2 is 1.91 bits per heavy atom. The predicted octanol–water partition coefficient (Wildman–Crippen LogP) is 2.10. The molecule has 1 aromatic heterocycles. The van der Waals surface area contributed by atoms with Crippen molar-refractivity contribution in [2.45, 2.75) is 31.5 Å². The molecule has 2 aromatic rings. The van der Waals surface area contributed by atoms with Crippen molar-refractivity contribution in [2.24, 2.45) is 0 Å². The van der Waals surface area contributed by atoms with Crippen LogP contribution in [0.5, 0.6) is 0 Å². The van der Waals surface area contributed by atoms with Crippen LogP contribution in [0.4, 0.5) is 5.69 Å². The molecule has 2 heterocycles. The van der Waals surface area contributed by atoms with E-state index in [0.29, 0.717) is 13.1 Å². The molecule has 0 amide bonds. The summed E-state index contributed by atoms with van der Waals surface area (Å²) in [6, 6.07) is 7.84. The quantitative estimate of drug-likeness (QED) is 0.862. The van der Waals surface area contributed by atoms with Gasteiger partial charge in [-0.3, -0.25) is 4.31 Å². The first-order valence-electron chi connectivity index (χ1n) is 7.72. The lowest BCUT2D eigenvalue weighted by Gasteiger charge is -2.23. The van der Waals surface area contributed by atoms with Crippen LogP contribution in [-0.2, 0) is 16.6 Å². The third-order valence-corrected chi connectivity index (χ3v) is 5.81. The summed E-state index contributed by atoms with van der Waals surface area (Å²) >= 11 is 0. The van der Waals surface area contributed by atoms with Crippen LogP contribution in [0.1, 0.15) is 25.5 Å². The Morgan fingerprint density at radius 1 is 1.17 bits per heavy atom. The van der Waals surface area contributed by atoms with E-state index in [4.69, 9.17) is 0 Å². The maximum absolute atomic E-state index is 13.1. The zero-order valence-electron chi connectivity index (χ0n) is 13.7. The van der Waals surface area contributed by atoms with Gasteiger partial charge in [-0.25, -0.2) is 4.98 Å². The van der Waals surface area contributed by atoms with E-state index in [-0.39, 0.29) is 11.1 Å². The minimum atomic E-state index is -3.66. The molecule has 6 nitrogen and oxygen atoms in total. The summed E-state index contributed by atoms with van der Waals surface area (Å²) in [4.78, 5) is 6.25. The van der Waals surface area contributed by atoms with E-state index in [1.807, 2.05) is 49.7 Å². The van der Waals surface area contributed by atoms with Crippen molar-refractivity contribution in [1.29, 1.82) is 0 Å². The smallest absolute Gasteiger partial charge is 0.283 e. The standard InChI is InChI=1S/C16H22N4O2S/c1-13(2)19-11-16(17-12-19)23(21,22)20-9-8-18(3)10-14-6-4-5-7-15(14)20/h4-7,11-13H,8-10H2,1-3H3. The van der Waals surface area contributed by atoms with E-state index in [0.717, 1.165) is 17.8 Å². The average Bonchev–Trinajstić information content (AvgIpc) is 2.93. The fourth-order valence-electron chi connectivity index (χ4n) is 2.74. The number of para-hydroxylation sites is 1. The SMILES string of the molecule is CC(C)n1cnc(S(=O)(=O)N2CCN(C)Cc3ccccc32)c1. The summed E-state index contributed by atoms with van der Waals surface area (Å²) in [5, 5.41) is 0.102. The first-order valence-corrected chi connectivity index (χ1v) is 9.16. The summed E-state index contributed by atoms with van der Waals surface area (Å²) in [6.07, 6.45) is 3.19. The summed E-state index contributed by atoms with van der Waals surface area (Å²) in [5.41, 5.74) is 1.76. The molecule has 0 saturated carbocycles. The molecule has 0 bridgehead atoms. The number of anilines is 1. The molecule has 1 aliphatic rings. The number of imidazole rings is 1. The van der Waals surface area contributed by atoms with Crippen molar-refractivity contribution in [2.75, 3.05) is 24.4 Å². The molecular weight excluding hydrogens is 312 g/mol. The number of sulfonamides is 1. The molecule has 0 radical (unpaired) electrons. The number of hydrogen-bond donors (Lipinski definition) is 0. The number of fused-ring (bicyclic) bond motifs is 1. The number of rotatable bonds is 3. The van der Waals surface area contributed by atoms with Crippen LogP contribution < -0.4 is 4.31 Å². The van der Waals surface area contributed by atoms with E-state index in [2.05, 4.69) is 9.88 Å². The normalized spacial score (nSPS) is 16.4. The predicted molar refractivity (Wildman–Crippen MR) is 89.9 cm³/mol. The van der Waals surface area contributed by atoms with E-state index < -0.39 is 10.0 Å². The minimum absolute atomic E-state index is 0.102. The molecule has 0 unspecified atom stereocenters. The maximum atomic E-state index is 13.1. The second kappa shape index (κ2) is 5.98. The minimum Gasteiger partial charge on any atom is -0.334 e. The van der Waals surface area contributed by atoms with E-state index in [1.165, 1.54) is 4.31 Å². The number of benzene rings is 1. The molecule has 0 aliphatic carbocycles. The summed E-state index contributed by atoms with van der Waals surface area (Å²) in [5.74, 6) is 0. The van der Waals surface area contributed by atoms with Gasteiger partial charge in [0.1, 0.15) is 0 Å². The van der Waals surface area contributed by atoms with Gasteiger partial charge in [0, 0.05) is 31.9 Å². The zero-order valence-corrected chi connectivity index (χ0v) is 14.5. The van der Waals surface area contributed by atoms with Gasteiger partial charge in [-0.2, -0.15) is 8.42 Å². The second-order valence-corrected chi connectivity index (χ2v) is 8.01. The Kier molecular flexibility index (Phi) is 4.16. The average molecular weight is 334 g/mol. The lowest BCUT2D eigenvalue weighted by atomic mass is 10.2. The Balaban J connectivity index is 2.05. The van der Waals surface area contributed by atoms with Crippen LogP contribution in [-0.4, -0.2) is 43.0 Å². The van der Waals surface area contributed by atoms with Crippen LogP contribution in [0, 0.1) is 0 Å². The van der Waals surface area contributed by atoms with E-state index in [9.17, 15) is 8.42 Å². The van der Waals surface area contributed by atoms with Gasteiger partial charge in [0.25, 0.3) is 10.0 Å². The van der Waals surface area contributed by atoms with Crippen LogP contribution in [0.2, 0.25) is 0 Å². The van der Waals surface area contributed by atoms with Crippen molar-refractivity contribution >= 4 is 15.7 Å². The molecule has 0 atom stereocenters. The first kappa shape index (κ1) is 16.0. The molecule has 1 aliphatic heterocycles. The second-order valence-electron chi connectivity index (χ2n) is 6.20. The summed E-state index contributed by atoms with van der Waals surface area (Å²) in [7, 11) is -1.66. The molecule has 23 heavy (non-hydrogen) atoms. The molecule has 3 rings (SSSR count). The molecule has 124 valence electrons. The van der Waals surface area contributed by atoms with Gasteiger partial charge in [-0.1, -0.05) is 18.2 Å². The zero-order chi connectivity index (χ0) is 16.6. The maximum Gasteiger partial charge on any atom is 0.283 e. The number of nitrogens with zero attached hydrogens (tertiary/aromatic N) is 4. The van der Waals surface area contributed by atoms with Crippen molar-refractivity contribution in [1.82, 2.24) is 14.5 Å². The lowest BCUT2D eigenvalue weighted by Crippen LogP contribution is -2.35. The van der Waals surface area contributed by atoms with E-state index in [1.54, 1.807) is 12.5 Å². The Labute approximate surface area is 137 Å². The largest absolute Gasteiger partial charge is 0.334 e. The Hall–Kier alpha value is -1.86. The molecule has 1 aromatic carbocycles. The van der Waals surface area contributed by atoms with Gasteiger partial charge in [0.15, 0.2) is 5.03 Å². The van der Waals surface area contributed by atoms with Crippen molar-refractivity contribution in [3.05, 3.63) is 42.4 Å². The first-order chi connectivity index (χ1) is 10.9. The Morgan fingerprint density at radius 3 is 2.61 bits per heavy atom. The van der Waals surface area contributed by atoms with Gasteiger partial charge in [-0.05, 0) is 32.5 Å².